The van der Waals surface area contributed by atoms with Crippen molar-refractivity contribution < 1.29 is 9.90 Å². The third-order valence-corrected chi connectivity index (χ3v) is 3.16. The molecule has 0 aliphatic carbocycles. The number of carboxylic acids is 1. The molecule has 3 heteroatoms. The van der Waals surface area contributed by atoms with Crippen molar-refractivity contribution in [3.63, 3.8) is 0 Å². The fraction of sp³-hybridized carbons (Fsp3) is 0.364. The highest BCUT2D eigenvalue weighted by molar-refractivity contribution is 9.10. The summed E-state index contributed by atoms with van der Waals surface area (Å²) in [7, 11) is 0. The molecule has 0 aliphatic rings. The Kier molecular flexibility index (Phi) is 3.69. The second-order valence-electron chi connectivity index (χ2n) is 3.31. The van der Waals surface area contributed by atoms with E-state index in [9.17, 15) is 4.79 Å². The molecule has 0 heterocycles. The first kappa shape index (κ1) is 11.2. The predicted molar refractivity (Wildman–Crippen MR) is 59.5 cm³/mol. The number of hydrogen-bond donors (Lipinski definition) is 1. The zero-order valence-electron chi connectivity index (χ0n) is 8.25. The smallest absolute Gasteiger partial charge is 0.310 e. The van der Waals surface area contributed by atoms with Crippen LogP contribution in [0.2, 0.25) is 0 Å². The molecule has 0 bridgehead atoms. The van der Waals surface area contributed by atoms with Gasteiger partial charge in [-0.3, -0.25) is 4.79 Å². The molecule has 0 amide bonds. The van der Waals surface area contributed by atoms with Crippen molar-refractivity contribution in [2.45, 2.75) is 26.2 Å². The second-order valence-corrected chi connectivity index (χ2v) is 4.16. The van der Waals surface area contributed by atoms with Crippen LogP contribution in [0.1, 0.15) is 30.4 Å². The minimum atomic E-state index is -0.761. The third-order valence-electron chi connectivity index (χ3n) is 2.30. The van der Waals surface area contributed by atoms with E-state index in [-0.39, 0.29) is 0 Å². The molecule has 1 aromatic carbocycles. The van der Waals surface area contributed by atoms with Gasteiger partial charge >= 0.3 is 5.97 Å². The van der Waals surface area contributed by atoms with E-state index >= 15 is 0 Å². The molecule has 1 aromatic rings. The Bertz CT molecular complexity index is 347. The Balaban J connectivity index is 3.06. The molecule has 1 atom stereocenters. The molecule has 0 saturated carbocycles. The highest BCUT2D eigenvalue weighted by atomic mass is 79.9. The lowest BCUT2D eigenvalue weighted by atomic mass is 9.96. The van der Waals surface area contributed by atoms with Gasteiger partial charge < -0.3 is 5.11 Å². The van der Waals surface area contributed by atoms with E-state index in [1.54, 1.807) is 0 Å². The highest BCUT2D eigenvalue weighted by Gasteiger charge is 2.17. The van der Waals surface area contributed by atoms with Crippen LogP contribution in [-0.2, 0) is 4.79 Å². The van der Waals surface area contributed by atoms with Gasteiger partial charge in [-0.2, -0.15) is 0 Å². The third kappa shape index (κ3) is 2.35. The maximum absolute atomic E-state index is 10.9. The summed E-state index contributed by atoms with van der Waals surface area (Å²) in [5.74, 6) is -1.16. The molecule has 0 spiro atoms. The number of rotatable bonds is 3. The van der Waals surface area contributed by atoms with Crippen LogP contribution in [0.4, 0.5) is 0 Å². The first-order valence-corrected chi connectivity index (χ1v) is 5.34. The number of aliphatic carboxylic acids is 1. The van der Waals surface area contributed by atoms with Crippen molar-refractivity contribution in [3.05, 3.63) is 33.8 Å². The van der Waals surface area contributed by atoms with Gasteiger partial charge in [-0.1, -0.05) is 35.0 Å². The van der Waals surface area contributed by atoms with Gasteiger partial charge in [0, 0.05) is 4.47 Å². The number of halogens is 1. The van der Waals surface area contributed by atoms with E-state index in [4.69, 9.17) is 5.11 Å². The average molecular weight is 257 g/mol. The number of aryl methyl sites for hydroxylation is 1. The molecule has 76 valence electrons. The van der Waals surface area contributed by atoms with Crippen molar-refractivity contribution in [2.75, 3.05) is 0 Å². The first-order chi connectivity index (χ1) is 6.56. The fourth-order valence-corrected chi connectivity index (χ4v) is 1.78. The maximum Gasteiger partial charge on any atom is 0.310 e. The van der Waals surface area contributed by atoms with Crippen molar-refractivity contribution in [1.82, 2.24) is 0 Å². The van der Waals surface area contributed by atoms with Crippen LogP contribution >= 0.6 is 15.9 Å². The summed E-state index contributed by atoms with van der Waals surface area (Å²) in [6, 6.07) is 5.70. The molecule has 0 fully saturated rings. The number of carbonyl (C=O) groups is 1. The minimum absolute atomic E-state index is 0.396. The van der Waals surface area contributed by atoms with Gasteiger partial charge in [0.15, 0.2) is 0 Å². The van der Waals surface area contributed by atoms with Crippen LogP contribution in [0.5, 0.6) is 0 Å². The van der Waals surface area contributed by atoms with Crippen LogP contribution < -0.4 is 0 Å². The largest absolute Gasteiger partial charge is 0.481 e. The molecule has 0 radical (unpaired) electrons. The predicted octanol–water partition coefficient (Wildman–Crippen LogP) is 3.34. The van der Waals surface area contributed by atoms with E-state index in [0.29, 0.717) is 6.42 Å². The molecular weight excluding hydrogens is 244 g/mol. The summed E-state index contributed by atoms with van der Waals surface area (Å²) >= 11 is 3.40. The number of benzene rings is 1. The Labute approximate surface area is 92.1 Å². The SMILES string of the molecule is CCC(C(=O)O)c1ccc(C)c(Br)c1. The zero-order valence-corrected chi connectivity index (χ0v) is 9.84. The van der Waals surface area contributed by atoms with E-state index in [1.165, 1.54) is 0 Å². The summed E-state index contributed by atoms with van der Waals surface area (Å²) in [6.07, 6.45) is 0.616. The van der Waals surface area contributed by atoms with Gasteiger partial charge in [-0.05, 0) is 30.5 Å². The highest BCUT2D eigenvalue weighted by Crippen LogP contribution is 2.25. The molecule has 0 aromatic heterocycles. The number of carboxylic acid groups (broad SMARTS) is 1. The molecule has 1 N–H and O–H groups in total. The topological polar surface area (TPSA) is 37.3 Å². The van der Waals surface area contributed by atoms with E-state index < -0.39 is 11.9 Å². The molecule has 0 aliphatic heterocycles. The summed E-state index contributed by atoms with van der Waals surface area (Å²) in [4.78, 5) is 10.9. The normalized spacial score (nSPS) is 12.5. The van der Waals surface area contributed by atoms with Crippen LogP contribution in [0.25, 0.3) is 0 Å². The van der Waals surface area contributed by atoms with Crippen LogP contribution in [0.3, 0.4) is 0 Å². The molecular formula is C11H13BrO2. The monoisotopic (exact) mass is 256 g/mol. The van der Waals surface area contributed by atoms with Gasteiger partial charge in [0.25, 0.3) is 0 Å². The van der Waals surface area contributed by atoms with Crippen LogP contribution in [0.15, 0.2) is 22.7 Å². The van der Waals surface area contributed by atoms with Crippen molar-refractivity contribution >= 4 is 21.9 Å². The van der Waals surface area contributed by atoms with Crippen LogP contribution in [0, 0.1) is 6.92 Å². The summed E-state index contributed by atoms with van der Waals surface area (Å²) < 4.78 is 0.967. The van der Waals surface area contributed by atoms with Crippen molar-refractivity contribution in [3.8, 4) is 0 Å². The van der Waals surface area contributed by atoms with Crippen molar-refractivity contribution in [1.29, 1.82) is 0 Å². The second kappa shape index (κ2) is 4.60. The minimum Gasteiger partial charge on any atom is -0.481 e. The molecule has 14 heavy (non-hydrogen) atoms. The Morgan fingerprint density at radius 1 is 1.57 bits per heavy atom. The Morgan fingerprint density at radius 2 is 2.21 bits per heavy atom. The summed E-state index contributed by atoms with van der Waals surface area (Å²) in [6.45, 7) is 3.86. The summed E-state index contributed by atoms with van der Waals surface area (Å²) in [5, 5.41) is 8.97. The van der Waals surface area contributed by atoms with Gasteiger partial charge in [0.1, 0.15) is 0 Å². The first-order valence-electron chi connectivity index (χ1n) is 4.55. The summed E-state index contributed by atoms with van der Waals surface area (Å²) in [5.41, 5.74) is 1.98. The zero-order chi connectivity index (χ0) is 10.7. The fourth-order valence-electron chi connectivity index (χ4n) is 1.38. The van der Waals surface area contributed by atoms with Crippen LogP contribution in [-0.4, -0.2) is 11.1 Å². The molecule has 1 unspecified atom stereocenters. The maximum atomic E-state index is 10.9. The molecule has 0 saturated heterocycles. The Hall–Kier alpha value is -0.830. The quantitative estimate of drug-likeness (QED) is 0.901. The standard InChI is InChI=1S/C11H13BrO2/c1-3-9(11(13)14)8-5-4-7(2)10(12)6-8/h4-6,9H,3H2,1-2H3,(H,13,14). The molecule has 2 nitrogen and oxygen atoms in total. The van der Waals surface area contributed by atoms with E-state index in [2.05, 4.69) is 15.9 Å². The van der Waals surface area contributed by atoms with E-state index in [1.807, 2.05) is 32.0 Å². The van der Waals surface area contributed by atoms with Gasteiger partial charge in [0.05, 0.1) is 5.92 Å². The van der Waals surface area contributed by atoms with E-state index in [0.717, 1.165) is 15.6 Å². The lowest BCUT2D eigenvalue weighted by molar-refractivity contribution is -0.138. The lowest BCUT2D eigenvalue weighted by Crippen LogP contribution is -2.10. The average Bonchev–Trinajstić information content (AvgIpc) is 2.11. The Morgan fingerprint density at radius 3 is 2.64 bits per heavy atom. The van der Waals surface area contributed by atoms with Crippen molar-refractivity contribution in [2.24, 2.45) is 0 Å². The molecule has 1 rings (SSSR count). The van der Waals surface area contributed by atoms with Gasteiger partial charge in [0.2, 0.25) is 0 Å². The van der Waals surface area contributed by atoms with Gasteiger partial charge in [-0.15, -0.1) is 0 Å². The lowest BCUT2D eigenvalue weighted by Gasteiger charge is -2.11. The van der Waals surface area contributed by atoms with Gasteiger partial charge in [-0.25, -0.2) is 0 Å². The number of hydrogen-bond acceptors (Lipinski definition) is 1.